The molecule has 0 aliphatic heterocycles. The molecule has 0 saturated heterocycles. The molecule has 126 valence electrons. The molecule has 2 N–H and O–H groups in total. The first-order chi connectivity index (χ1) is 9.75. The van der Waals surface area contributed by atoms with Gasteiger partial charge in [0.05, 0.1) is 18.1 Å². The van der Waals surface area contributed by atoms with Crippen LogP contribution in [0.15, 0.2) is 0 Å². The van der Waals surface area contributed by atoms with Crippen molar-refractivity contribution in [1.29, 1.82) is 0 Å². The second kappa shape index (κ2) is 5.79. The third-order valence-corrected chi connectivity index (χ3v) is 6.23. The van der Waals surface area contributed by atoms with Crippen LogP contribution in [0.5, 0.6) is 0 Å². The number of rotatable bonds is 4. The van der Waals surface area contributed by atoms with Crippen molar-refractivity contribution in [2.45, 2.75) is 57.9 Å². The maximum atomic E-state index is 12.3. The summed E-state index contributed by atoms with van der Waals surface area (Å²) in [6.45, 7) is 3.59. The monoisotopic (exact) mass is 329 g/mol. The fourth-order valence-electron chi connectivity index (χ4n) is 5.41. The molecule has 0 amide bonds. The van der Waals surface area contributed by atoms with Gasteiger partial charge in [-0.3, -0.25) is 9.59 Å². The zero-order valence-corrected chi connectivity index (χ0v) is 14.6. The van der Waals surface area contributed by atoms with E-state index in [-0.39, 0.29) is 29.6 Å². The van der Waals surface area contributed by atoms with Gasteiger partial charge in [0.15, 0.2) is 5.78 Å². The van der Waals surface area contributed by atoms with E-state index in [9.17, 15) is 9.59 Å². The minimum atomic E-state index is -0.741. The van der Waals surface area contributed by atoms with Gasteiger partial charge in [0.25, 0.3) is 0 Å². The van der Waals surface area contributed by atoms with Gasteiger partial charge < -0.3 is 10.5 Å². The Kier molecular flexibility index (Phi) is 4.67. The summed E-state index contributed by atoms with van der Waals surface area (Å²) in [6, 6.07) is 0. The van der Waals surface area contributed by atoms with Gasteiger partial charge in [-0.05, 0) is 69.6 Å². The van der Waals surface area contributed by atoms with Gasteiger partial charge in [0.1, 0.15) is 0 Å². The summed E-state index contributed by atoms with van der Waals surface area (Å²) >= 11 is 0. The number of carbonyl (C=O) groups excluding carboxylic acids is 2. The summed E-state index contributed by atoms with van der Waals surface area (Å²) in [7, 11) is 1.50. The van der Waals surface area contributed by atoms with Crippen LogP contribution in [0, 0.1) is 29.1 Å². The molecule has 0 aromatic rings. The molecule has 0 radical (unpaired) electrons. The van der Waals surface area contributed by atoms with E-state index in [1.54, 1.807) is 13.8 Å². The molecule has 4 aliphatic rings. The van der Waals surface area contributed by atoms with Crippen LogP contribution in [0.4, 0.5) is 0 Å². The summed E-state index contributed by atoms with van der Waals surface area (Å²) in [6.07, 6.45) is 5.76. The molecule has 4 bridgehead atoms. The van der Waals surface area contributed by atoms with Crippen LogP contribution >= 0.6 is 12.4 Å². The molecular formula is C17H28ClNO3. The number of nitrogens with two attached hydrogens (primary N) is 1. The minimum absolute atomic E-state index is 0. The minimum Gasteiger partial charge on any atom is -0.469 e. The number of Topliss-reactive ketones (excluding diaryl/α,β-unsaturated/α-hetero) is 1. The second-order valence-corrected chi connectivity index (χ2v) is 8.25. The van der Waals surface area contributed by atoms with Gasteiger partial charge in [-0.2, -0.15) is 0 Å². The van der Waals surface area contributed by atoms with Crippen LogP contribution in [0.2, 0.25) is 0 Å². The van der Waals surface area contributed by atoms with Crippen molar-refractivity contribution in [3.63, 3.8) is 0 Å². The van der Waals surface area contributed by atoms with Crippen LogP contribution in [0.25, 0.3) is 0 Å². The van der Waals surface area contributed by atoms with Crippen molar-refractivity contribution in [3.05, 3.63) is 0 Å². The van der Waals surface area contributed by atoms with Gasteiger partial charge in [-0.25, -0.2) is 0 Å². The maximum absolute atomic E-state index is 12.3. The molecule has 4 rings (SSSR count). The standard InChI is InChI=1S/C17H27NO3.ClH/c1-16(2,18)14(19)6-13-11-4-10-5-12(13)9-17(7-10,8-11)15(20)21-3;/h10-13H,4-9,18H2,1-3H3;1H. The number of ketones is 1. The summed E-state index contributed by atoms with van der Waals surface area (Å²) in [5.74, 6) is 2.22. The number of hydrogen-bond acceptors (Lipinski definition) is 4. The van der Waals surface area contributed by atoms with Crippen LogP contribution in [0.3, 0.4) is 0 Å². The molecule has 0 aromatic heterocycles. The van der Waals surface area contributed by atoms with Gasteiger partial charge in [0, 0.05) is 6.42 Å². The second-order valence-electron chi connectivity index (χ2n) is 8.25. The van der Waals surface area contributed by atoms with E-state index in [1.807, 2.05) is 0 Å². The highest BCUT2D eigenvalue weighted by molar-refractivity contribution is 5.87. The normalized spacial score (nSPS) is 39.3. The van der Waals surface area contributed by atoms with Gasteiger partial charge in [-0.15, -0.1) is 12.4 Å². The van der Waals surface area contributed by atoms with Crippen LogP contribution < -0.4 is 5.73 Å². The van der Waals surface area contributed by atoms with E-state index < -0.39 is 5.54 Å². The molecule has 5 heteroatoms. The topological polar surface area (TPSA) is 69.4 Å². The number of esters is 1. The highest BCUT2D eigenvalue weighted by Gasteiger charge is 2.59. The molecule has 22 heavy (non-hydrogen) atoms. The summed E-state index contributed by atoms with van der Waals surface area (Å²) < 4.78 is 5.08. The lowest BCUT2D eigenvalue weighted by Gasteiger charge is -2.58. The van der Waals surface area contributed by atoms with Crippen molar-refractivity contribution in [2.24, 2.45) is 34.8 Å². The van der Waals surface area contributed by atoms with Crippen molar-refractivity contribution in [1.82, 2.24) is 0 Å². The number of hydrogen-bond donors (Lipinski definition) is 1. The zero-order chi connectivity index (χ0) is 15.4. The Bertz CT molecular complexity index is 455. The van der Waals surface area contributed by atoms with Gasteiger partial charge in [-0.1, -0.05) is 0 Å². The Balaban J connectivity index is 0.00000176. The molecule has 4 aliphatic carbocycles. The third-order valence-electron chi connectivity index (χ3n) is 6.23. The van der Waals surface area contributed by atoms with Crippen LogP contribution in [0.1, 0.15) is 52.4 Å². The number of methoxy groups -OCH3 is 1. The first-order valence-corrected chi connectivity index (χ1v) is 8.16. The lowest BCUT2D eigenvalue weighted by molar-refractivity contribution is -0.175. The summed E-state index contributed by atoms with van der Waals surface area (Å²) in [4.78, 5) is 24.6. The van der Waals surface area contributed by atoms with Crippen molar-refractivity contribution >= 4 is 24.2 Å². The fourth-order valence-corrected chi connectivity index (χ4v) is 5.41. The molecule has 4 saturated carbocycles. The van der Waals surface area contributed by atoms with E-state index in [4.69, 9.17) is 10.5 Å². The molecule has 2 atom stereocenters. The largest absolute Gasteiger partial charge is 0.469 e. The molecule has 2 unspecified atom stereocenters. The maximum Gasteiger partial charge on any atom is 0.311 e. The molecule has 4 nitrogen and oxygen atoms in total. The Labute approximate surface area is 138 Å². The fraction of sp³-hybridized carbons (Fsp3) is 0.882. The van der Waals surface area contributed by atoms with Crippen LogP contribution in [-0.2, 0) is 14.3 Å². The van der Waals surface area contributed by atoms with E-state index in [0.717, 1.165) is 19.3 Å². The van der Waals surface area contributed by atoms with E-state index in [1.165, 1.54) is 20.0 Å². The molecular weight excluding hydrogens is 302 g/mol. The average Bonchev–Trinajstić information content (AvgIpc) is 2.39. The SMILES string of the molecule is COC(=O)C12CC3CC(C1)C(CC(=O)C(C)(C)N)C(C3)C2.Cl. The highest BCUT2D eigenvalue weighted by Crippen LogP contribution is 2.63. The Hall–Kier alpha value is -0.610. The number of halogens is 1. The van der Waals surface area contributed by atoms with Gasteiger partial charge in [0.2, 0.25) is 0 Å². The zero-order valence-electron chi connectivity index (χ0n) is 13.8. The lowest BCUT2D eigenvalue weighted by Crippen LogP contribution is -2.55. The lowest BCUT2D eigenvalue weighted by atomic mass is 9.45. The van der Waals surface area contributed by atoms with Crippen LogP contribution in [-0.4, -0.2) is 24.4 Å². The average molecular weight is 330 g/mol. The van der Waals surface area contributed by atoms with E-state index in [0.29, 0.717) is 30.1 Å². The van der Waals surface area contributed by atoms with Crippen molar-refractivity contribution < 1.29 is 14.3 Å². The van der Waals surface area contributed by atoms with Crippen molar-refractivity contribution in [3.8, 4) is 0 Å². The van der Waals surface area contributed by atoms with E-state index in [2.05, 4.69) is 0 Å². The third kappa shape index (κ3) is 2.80. The Morgan fingerprint density at radius 2 is 1.73 bits per heavy atom. The Morgan fingerprint density at radius 1 is 1.18 bits per heavy atom. The Morgan fingerprint density at radius 3 is 2.18 bits per heavy atom. The number of ether oxygens (including phenoxy) is 1. The predicted molar refractivity (Wildman–Crippen MR) is 86.6 cm³/mol. The first kappa shape index (κ1) is 17.7. The molecule has 0 heterocycles. The van der Waals surface area contributed by atoms with Gasteiger partial charge >= 0.3 is 5.97 Å². The first-order valence-electron chi connectivity index (χ1n) is 8.16. The highest BCUT2D eigenvalue weighted by atomic mass is 35.5. The number of carbonyl (C=O) groups is 2. The van der Waals surface area contributed by atoms with Crippen molar-refractivity contribution in [2.75, 3.05) is 7.11 Å². The molecule has 4 fully saturated rings. The predicted octanol–water partition coefficient (Wildman–Crippen LogP) is 2.72. The summed E-state index contributed by atoms with van der Waals surface area (Å²) in [5, 5.41) is 0. The molecule has 0 spiro atoms. The molecule has 0 aromatic carbocycles. The quantitative estimate of drug-likeness (QED) is 0.805. The van der Waals surface area contributed by atoms with E-state index >= 15 is 0 Å². The smallest absolute Gasteiger partial charge is 0.311 e. The summed E-state index contributed by atoms with van der Waals surface area (Å²) in [5.41, 5.74) is 4.97.